The number of nitrogens with zero attached hydrogens (tertiary/aromatic N) is 1. The molecule has 2 aromatic carbocycles. The van der Waals surface area contributed by atoms with E-state index in [1.54, 1.807) is 60.7 Å². The van der Waals surface area contributed by atoms with Crippen molar-refractivity contribution < 1.29 is 17.6 Å². The summed E-state index contributed by atoms with van der Waals surface area (Å²) >= 11 is 0. The standard InChI is InChI=1S/C19H18N2O4S/c22-19(20-14-17-10-7-13-25-17)15-21(16-8-3-1-4-9-16)26(23,24)18-11-5-2-6-12-18/h1-13H,14-15H2,(H,20,22). The van der Waals surface area contributed by atoms with Gasteiger partial charge < -0.3 is 9.73 Å². The summed E-state index contributed by atoms with van der Waals surface area (Å²) in [6.07, 6.45) is 1.51. The Hall–Kier alpha value is -3.06. The summed E-state index contributed by atoms with van der Waals surface area (Å²) in [6.45, 7) is -0.137. The Bertz CT molecular complexity index is 940. The fourth-order valence-electron chi connectivity index (χ4n) is 2.41. The van der Waals surface area contributed by atoms with Crippen molar-refractivity contribution >= 4 is 21.6 Å². The summed E-state index contributed by atoms with van der Waals surface area (Å²) in [6, 6.07) is 20.0. The Balaban J connectivity index is 1.83. The average Bonchev–Trinajstić information content (AvgIpc) is 3.19. The number of amides is 1. The molecule has 0 unspecified atom stereocenters. The second kappa shape index (κ2) is 7.88. The van der Waals surface area contributed by atoms with Gasteiger partial charge in [0.1, 0.15) is 12.3 Å². The van der Waals surface area contributed by atoms with Gasteiger partial charge in [-0.25, -0.2) is 8.42 Å². The molecule has 0 saturated heterocycles. The molecule has 6 nitrogen and oxygen atoms in total. The van der Waals surface area contributed by atoms with Crippen LogP contribution < -0.4 is 9.62 Å². The number of carbonyl (C=O) groups excluding carboxylic acids is 1. The minimum atomic E-state index is -3.87. The van der Waals surface area contributed by atoms with Crippen molar-refractivity contribution in [1.82, 2.24) is 5.32 Å². The van der Waals surface area contributed by atoms with Crippen LogP contribution in [0.5, 0.6) is 0 Å². The zero-order chi connectivity index (χ0) is 18.4. The molecule has 0 saturated carbocycles. The molecule has 1 aromatic heterocycles. The van der Waals surface area contributed by atoms with E-state index in [0.717, 1.165) is 4.31 Å². The quantitative estimate of drug-likeness (QED) is 0.694. The number of anilines is 1. The van der Waals surface area contributed by atoms with Gasteiger partial charge in [0.2, 0.25) is 5.91 Å². The third-order valence-corrected chi connectivity index (χ3v) is 5.49. The maximum absolute atomic E-state index is 13.0. The number of benzene rings is 2. The van der Waals surface area contributed by atoms with Crippen LogP contribution in [0.25, 0.3) is 0 Å². The van der Waals surface area contributed by atoms with E-state index in [1.165, 1.54) is 18.4 Å². The van der Waals surface area contributed by atoms with Crippen LogP contribution in [0.4, 0.5) is 5.69 Å². The predicted octanol–water partition coefficient (Wildman–Crippen LogP) is 2.79. The van der Waals surface area contributed by atoms with Crippen molar-refractivity contribution in [2.75, 3.05) is 10.8 Å². The fourth-order valence-corrected chi connectivity index (χ4v) is 3.86. The molecule has 0 bridgehead atoms. The van der Waals surface area contributed by atoms with E-state index in [2.05, 4.69) is 5.32 Å². The Morgan fingerprint density at radius 1 is 0.923 bits per heavy atom. The maximum atomic E-state index is 13.0. The van der Waals surface area contributed by atoms with Crippen LogP contribution in [0, 0.1) is 0 Å². The number of hydrogen-bond acceptors (Lipinski definition) is 4. The molecule has 1 N–H and O–H groups in total. The van der Waals surface area contributed by atoms with E-state index in [0.29, 0.717) is 11.4 Å². The third-order valence-electron chi connectivity index (χ3n) is 3.70. The van der Waals surface area contributed by atoms with Crippen LogP contribution in [0.1, 0.15) is 5.76 Å². The Labute approximate surface area is 152 Å². The highest BCUT2D eigenvalue weighted by molar-refractivity contribution is 7.92. The highest BCUT2D eigenvalue weighted by atomic mass is 32.2. The number of furan rings is 1. The second-order valence-electron chi connectivity index (χ2n) is 5.52. The molecule has 1 amide bonds. The van der Waals surface area contributed by atoms with Gasteiger partial charge >= 0.3 is 0 Å². The monoisotopic (exact) mass is 370 g/mol. The number of para-hydroxylation sites is 1. The molecule has 0 radical (unpaired) electrons. The van der Waals surface area contributed by atoms with E-state index < -0.39 is 15.9 Å². The van der Waals surface area contributed by atoms with Gasteiger partial charge in [-0.1, -0.05) is 36.4 Å². The van der Waals surface area contributed by atoms with E-state index in [9.17, 15) is 13.2 Å². The summed E-state index contributed by atoms with van der Waals surface area (Å²) in [5.74, 6) is 0.167. The number of sulfonamides is 1. The molecular formula is C19H18N2O4S. The lowest BCUT2D eigenvalue weighted by Crippen LogP contribution is -2.40. The molecule has 26 heavy (non-hydrogen) atoms. The molecule has 0 aliphatic rings. The molecule has 0 fully saturated rings. The molecule has 3 aromatic rings. The van der Waals surface area contributed by atoms with Gasteiger partial charge in [0.05, 0.1) is 23.4 Å². The molecule has 0 aliphatic heterocycles. The van der Waals surface area contributed by atoms with Crippen LogP contribution >= 0.6 is 0 Å². The smallest absolute Gasteiger partial charge is 0.264 e. The zero-order valence-corrected chi connectivity index (χ0v) is 14.7. The highest BCUT2D eigenvalue weighted by Gasteiger charge is 2.26. The Morgan fingerprint density at radius 3 is 2.19 bits per heavy atom. The topological polar surface area (TPSA) is 79.6 Å². The molecule has 134 valence electrons. The molecular weight excluding hydrogens is 352 g/mol. The number of rotatable bonds is 7. The van der Waals surface area contributed by atoms with E-state index in [-0.39, 0.29) is 18.0 Å². The van der Waals surface area contributed by atoms with E-state index >= 15 is 0 Å². The molecule has 0 atom stereocenters. The van der Waals surface area contributed by atoms with E-state index in [1.807, 2.05) is 0 Å². The SMILES string of the molecule is O=C(CN(c1ccccc1)S(=O)(=O)c1ccccc1)NCc1ccco1. The van der Waals surface area contributed by atoms with Crippen LogP contribution in [-0.4, -0.2) is 20.9 Å². The Kier molecular flexibility index (Phi) is 5.38. The molecule has 7 heteroatoms. The molecule has 0 spiro atoms. The molecule has 3 rings (SSSR count). The first-order chi connectivity index (χ1) is 12.6. The van der Waals surface area contributed by atoms with Crippen molar-refractivity contribution in [3.63, 3.8) is 0 Å². The van der Waals surface area contributed by atoms with Gasteiger partial charge in [-0.05, 0) is 36.4 Å². The minimum absolute atomic E-state index is 0.127. The Morgan fingerprint density at radius 2 is 1.58 bits per heavy atom. The maximum Gasteiger partial charge on any atom is 0.264 e. The summed E-state index contributed by atoms with van der Waals surface area (Å²) in [4.78, 5) is 12.5. The van der Waals surface area contributed by atoms with Crippen molar-refractivity contribution in [1.29, 1.82) is 0 Å². The molecule has 1 heterocycles. The van der Waals surface area contributed by atoms with Gasteiger partial charge in [-0.15, -0.1) is 0 Å². The highest BCUT2D eigenvalue weighted by Crippen LogP contribution is 2.23. The van der Waals surface area contributed by atoms with Gasteiger partial charge in [0.25, 0.3) is 10.0 Å². The first kappa shape index (κ1) is 17.8. The number of hydrogen-bond donors (Lipinski definition) is 1. The number of nitrogens with one attached hydrogen (secondary N) is 1. The lowest BCUT2D eigenvalue weighted by Gasteiger charge is -2.24. The van der Waals surface area contributed by atoms with Crippen molar-refractivity contribution in [2.24, 2.45) is 0 Å². The van der Waals surface area contributed by atoms with Crippen LogP contribution in [0.2, 0.25) is 0 Å². The third kappa shape index (κ3) is 4.12. The normalized spacial score (nSPS) is 11.1. The summed E-state index contributed by atoms with van der Waals surface area (Å²) in [5.41, 5.74) is 0.421. The van der Waals surface area contributed by atoms with Crippen molar-refractivity contribution in [2.45, 2.75) is 11.4 Å². The lowest BCUT2D eigenvalue weighted by molar-refractivity contribution is -0.119. The second-order valence-corrected chi connectivity index (χ2v) is 7.38. The van der Waals surface area contributed by atoms with E-state index in [4.69, 9.17) is 4.42 Å². The van der Waals surface area contributed by atoms with Gasteiger partial charge in [0.15, 0.2) is 0 Å². The van der Waals surface area contributed by atoms with Crippen molar-refractivity contribution in [3.8, 4) is 0 Å². The van der Waals surface area contributed by atoms with Gasteiger partial charge in [-0.2, -0.15) is 0 Å². The summed E-state index contributed by atoms with van der Waals surface area (Å²) < 4.78 is 32.3. The first-order valence-electron chi connectivity index (χ1n) is 7.99. The lowest BCUT2D eigenvalue weighted by atomic mass is 10.3. The first-order valence-corrected chi connectivity index (χ1v) is 9.43. The minimum Gasteiger partial charge on any atom is -0.467 e. The zero-order valence-electron chi connectivity index (χ0n) is 13.9. The average molecular weight is 370 g/mol. The largest absolute Gasteiger partial charge is 0.467 e. The van der Waals surface area contributed by atoms with Gasteiger partial charge in [0, 0.05) is 0 Å². The van der Waals surface area contributed by atoms with Crippen LogP contribution in [0.3, 0.4) is 0 Å². The summed E-state index contributed by atoms with van der Waals surface area (Å²) in [5, 5.41) is 2.67. The molecule has 0 aliphatic carbocycles. The summed E-state index contributed by atoms with van der Waals surface area (Å²) in [7, 11) is -3.87. The predicted molar refractivity (Wildman–Crippen MR) is 98.0 cm³/mol. The fraction of sp³-hybridized carbons (Fsp3) is 0.105. The number of carbonyl (C=O) groups is 1. The van der Waals surface area contributed by atoms with Crippen LogP contribution in [-0.2, 0) is 21.4 Å². The van der Waals surface area contributed by atoms with Gasteiger partial charge in [-0.3, -0.25) is 9.10 Å². The van der Waals surface area contributed by atoms with Crippen LogP contribution in [0.15, 0.2) is 88.4 Å². The van der Waals surface area contributed by atoms with Crippen molar-refractivity contribution in [3.05, 3.63) is 84.8 Å².